The van der Waals surface area contributed by atoms with Crippen molar-refractivity contribution in [2.45, 2.75) is 56.8 Å². The van der Waals surface area contributed by atoms with Gasteiger partial charge in [-0.25, -0.2) is 0 Å². The maximum atomic E-state index is 6.69. The van der Waals surface area contributed by atoms with Gasteiger partial charge >= 0.3 is 0 Å². The molecule has 0 aromatic heterocycles. The monoisotopic (exact) mass is 289 g/mol. The molecule has 116 valence electrons. The summed E-state index contributed by atoms with van der Waals surface area (Å²) < 4.78 is 12.1. The van der Waals surface area contributed by atoms with Crippen LogP contribution < -0.4 is 4.74 Å². The highest BCUT2D eigenvalue weighted by Crippen LogP contribution is 2.47. The summed E-state index contributed by atoms with van der Waals surface area (Å²) in [5.74, 6) is 0.927. The van der Waals surface area contributed by atoms with Gasteiger partial charge in [0.1, 0.15) is 11.4 Å². The lowest BCUT2D eigenvalue weighted by Gasteiger charge is -2.54. The minimum Gasteiger partial charge on any atom is -0.497 e. The van der Waals surface area contributed by atoms with Crippen LogP contribution in [0.4, 0.5) is 0 Å². The summed E-state index contributed by atoms with van der Waals surface area (Å²) in [5.41, 5.74) is 1.14. The Bertz CT molecular complexity index is 490. The summed E-state index contributed by atoms with van der Waals surface area (Å²) in [4.78, 5) is 2.52. The molecule has 1 aliphatic heterocycles. The topological polar surface area (TPSA) is 21.7 Å². The Balaban J connectivity index is 2.02. The maximum Gasteiger partial charge on any atom is 0.119 e. The molecule has 0 radical (unpaired) electrons. The highest BCUT2D eigenvalue weighted by molar-refractivity contribution is 5.34. The smallest absolute Gasteiger partial charge is 0.119 e. The van der Waals surface area contributed by atoms with Crippen LogP contribution in [0.2, 0.25) is 0 Å². The van der Waals surface area contributed by atoms with Gasteiger partial charge in [0.15, 0.2) is 0 Å². The summed E-state index contributed by atoms with van der Waals surface area (Å²) in [6, 6.07) is 8.98. The molecule has 0 spiro atoms. The summed E-state index contributed by atoms with van der Waals surface area (Å²) in [6.45, 7) is 3.27. The van der Waals surface area contributed by atoms with Crippen molar-refractivity contribution in [1.82, 2.24) is 4.90 Å². The summed E-state index contributed by atoms with van der Waals surface area (Å²) in [5, 5.41) is 0. The molecule has 0 bridgehead atoms. The second-order valence-corrected chi connectivity index (χ2v) is 6.47. The van der Waals surface area contributed by atoms with Gasteiger partial charge in [-0.2, -0.15) is 0 Å². The van der Waals surface area contributed by atoms with Crippen molar-refractivity contribution in [3.63, 3.8) is 0 Å². The number of morpholine rings is 1. The molecule has 1 saturated heterocycles. The van der Waals surface area contributed by atoms with Crippen molar-refractivity contribution in [1.29, 1.82) is 0 Å². The van der Waals surface area contributed by atoms with Crippen LogP contribution in [0, 0.1) is 0 Å². The van der Waals surface area contributed by atoms with E-state index in [1.807, 2.05) is 6.07 Å². The van der Waals surface area contributed by atoms with Crippen LogP contribution in [0.1, 0.15) is 44.6 Å². The van der Waals surface area contributed by atoms with E-state index in [-0.39, 0.29) is 5.60 Å². The second-order valence-electron chi connectivity index (χ2n) is 6.47. The molecule has 1 saturated carbocycles. The minimum atomic E-state index is -0.152. The zero-order valence-corrected chi connectivity index (χ0v) is 13.5. The van der Waals surface area contributed by atoms with Crippen molar-refractivity contribution in [3.05, 3.63) is 29.8 Å². The van der Waals surface area contributed by atoms with Crippen LogP contribution in [0.25, 0.3) is 0 Å². The molecular formula is C18H27NO2. The fourth-order valence-corrected chi connectivity index (χ4v) is 4.13. The van der Waals surface area contributed by atoms with E-state index < -0.39 is 0 Å². The Morgan fingerprint density at radius 2 is 2.24 bits per heavy atom. The van der Waals surface area contributed by atoms with Gasteiger partial charge in [0.25, 0.3) is 0 Å². The fourth-order valence-electron chi connectivity index (χ4n) is 4.13. The highest BCUT2D eigenvalue weighted by atomic mass is 16.5. The van der Waals surface area contributed by atoms with Gasteiger partial charge in [-0.15, -0.1) is 0 Å². The van der Waals surface area contributed by atoms with Crippen LogP contribution in [0.5, 0.6) is 5.75 Å². The first kappa shape index (κ1) is 14.9. The van der Waals surface area contributed by atoms with E-state index in [2.05, 4.69) is 37.1 Å². The number of rotatable bonds is 3. The van der Waals surface area contributed by atoms with E-state index in [1.165, 1.54) is 24.8 Å². The third-order valence-corrected chi connectivity index (χ3v) is 5.23. The quantitative estimate of drug-likeness (QED) is 0.849. The fraction of sp³-hybridized carbons (Fsp3) is 0.667. The van der Waals surface area contributed by atoms with Crippen LogP contribution >= 0.6 is 0 Å². The minimum absolute atomic E-state index is 0.152. The number of benzene rings is 1. The van der Waals surface area contributed by atoms with Crippen LogP contribution in [0.3, 0.4) is 0 Å². The number of nitrogens with zero attached hydrogens (tertiary/aromatic N) is 1. The van der Waals surface area contributed by atoms with Gasteiger partial charge in [-0.1, -0.05) is 31.9 Å². The van der Waals surface area contributed by atoms with Gasteiger partial charge in [-0.05, 0) is 44.0 Å². The van der Waals surface area contributed by atoms with Gasteiger partial charge in [0.2, 0.25) is 0 Å². The molecule has 2 fully saturated rings. The van der Waals surface area contributed by atoms with Crippen LogP contribution in [-0.4, -0.2) is 37.7 Å². The molecule has 1 aliphatic carbocycles. The van der Waals surface area contributed by atoms with Crippen LogP contribution in [-0.2, 0) is 10.3 Å². The molecule has 3 rings (SSSR count). The highest BCUT2D eigenvalue weighted by Gasteiger charge is 2.49. The number of fused-ring (bicyclic) bond motifs is 1. The van der Waals surface area contributed by atoms with E-state index >= 15 is 0 Å². The summed E-state index contributed by atoms with van der Waals surface area (Å²) in [6.07, 6.45) is 6.30. The van der Waals surface area contributed by atoms with E-state index in [4.69, 9.17) is 9.47 Å². The Morgan fingerprint density at radius 3 is 3.00 bits per heavy atom. The van der Waals surface area contributed by atoms with Crippen molar-refractivity contribution in [2.24, 2.45) is 0 Å². The van der Waals surface area contributed by atoms with E-state index in [0.29, 0.717) is 12.1 Å². The molecule has 3 nitrogen and oxygen atoms in total. The standard InChI is InChI=1S/C18H27NO2/c1-4-15-13-19(2)17-10-5-6-11-18(17,21-15)14-8-7-9-16(12-14)20-3/h7-9,12,15,17H,4-6,10-11,13H2,1-3H3/t15-,17+,18+/m1/s1. The average Bonchev–Trinajstić information content (AvgIpc) is 2.54. The van der Waals surface area contributed by atoms with E-state index in [0.717, 1.165) is 25.1 Å². The molecule has 0 unspecified atom stereocenters. The van der Waals surface area contributed by atoms with Crippen molar-refractivity contribution in [3.8, 4) is 5.75 Å². The number of ether oxygens (including phenoxy) is 2. The van der Waals surface area contributed by atoms with Crippen molar-refractivity contribution >= 4 is 0 Å². The first-order valence-corrected chi connectivity index (χ1v) is 8.22. The zero-order valence-electron chi connectivity index (χ0n) is 13.5. The number of likely N-dealkylation sites (N-methyl/N-ethyl adjacent to an activating group) is 1. The molecule has 1 aromatic carbocycles. The number of methoxy groups -OCH3 is 1. The lowest BCUT2D eigenvalue weighted by molar-refractivity contribution is -0.204. The van der Waals surface area contributed by atoms with E-state index in [9.17, 15) is 0 Å². The molecule has 3 heteroatoms. The van der Waals surface area contributed by atoms with Crippen molar-refractivity contribution < 1.29 is 9.47 Å². The third-order valence-electron chi connectivity index (χ3n) is 5.23. The molecule has 0 N–H and O–H groups in total. The maximum absolute atomic E-state index is 6.69. The SMILES string of the molecule is CC[C@@H]1CN(C)[C@H]2CCCC[C@@]2(c2cccc(OC)c2)O1. The zero-order chi connectivity index (χ0) is 14.9. The summed E-state index contributed by atoms with van der Waals surface area (Å²) in [7, 11) is 3.99. The number of hydrogen-bond donors (Lipinski definition) is 0. The third kappa shape index (κ3) is 2.58. The van der Waals surface area contributed by atoms with Crippen LogP contribution in [0.15, 0.2) is 24.3 Å². The Hall–Kier alpha value is -1.06. The van der Waals surface area contributed by atoms with E-state index in [1.54, 1.807) is 7.11 Å². The predicted molar refractivity (Wildman–Crippen MR) is 84.7 cm³/mol. The lowest BCUT2D eigenvalue weighted by atomic mass is 9.73. The Kier molecular flexibility index (Phi) is 4.23. The first-order chi connectivity index (χ1) is 10.2. The molecule has 1 heterocycles. The predicted octanol–water partition coefficient (Wildman–Crippen LogP) is 3.57. The van der Waals surface area contributed by atoms with Gasteiger partial charge in [-0.3, -0.25) is 4.90 Å². The molecule has 0 amide bonds. The largest absolute Gasteiger partial charge is 0.497 e. The second kappa shape index (κ2) is 5.98. The Labute approximate surface area is 128 Å². The van der Waals surface area contributed by atoms with Gasteiger partial charge < -0.3 is 9.47 Å². The normalized spacial score (nSPS) is 33.5. The van der Waals surface area contributed by atoms with Crippen molar-refractivity contribution in [2.75, 3.05) is 20.7 Å². The Morgan fingerprint density at radius 1 is 1.38 bits per heavy atom. The first-order valence-electron chi connectivity index (χ1n) is 8.22. The van der Waals surface area contributed by atoms with Gasteiger partial charge in [0, 0.05) is 12.6 Å². The molecule has 1 aromatic rings. The average molecular weight is 289 g/mol. The molecule has 3 atom stereocenters. The molecule has 2 aliphatic rings. The summed E-state index contributed by atoms with van der Waals surface area (Å²) >= 11 is 0. The van der Waals surface area contributed by atoms with Gasteiger partial charge in [0.05, 0.1) is 13.2 Å². The molecule has 21 heavy (non-hydrogen) atoms. The number of hydrogen-bond acceptors (Lipinski definition) is 3. The molecular weight excluding hydrogens is 262 g/mol. The lowest BCUT2D eigenvalue weighted by Crippen LogP contribution is -2.60.